The average molecular weight is 322 g/mol. The highest BCUT2D eigenvalue weighted by molar-refractivity contribution is 7.89. The van der Waals surface area contributed by atoms with Gasteiger partial charge in [0.25, 0.3) is 5.91 Å². The van der Waals surface area contributed by atoms with Gasteiger partial charge in [-0.05, 0) is 43.5 Å². The van der Waals surface area contributed by atoms with Gasteiger partial charge in [-0.25, -0.2) is 13.6 Å². The number of benzene rings is 1. The van der Waals surface area contributed by atoms with Crippen LogP contribution in [0.2, 0.25) is 0 Å². The van der Waals surface area contributed by atoms with Gasteiger partial charge < -0.3 is 5.32 Å². The van der Waals surface area contributed by atoms with Gasteiger partial charge in [0.15, 0.2) is 0 Å². The molecule has 1 aromatic carbocycles. The zero-order valence-electron chi connectivity index (χ0n) is 11.0. The topological polar surface area (TPSA) is 89.3 Å². The van der Waals surface area contributed by atoms with Crippen molar-refractivity contribution in [1.29, 1.82) is 0 Å². The molecule has 0 saturated heterocycles. The van der Waals surface area contributed by atoms with Crippen molar-refractivity contribution in [3.8, 4) is 0 Å². The van der Waals surface area contributed by atoms with E-state index in [0.717, 1.165) is 18.2 Å². The van der Waals surface area contributed by atoms with Gasteiger partial charge in [0.2, 0.25) is 10.0 Å². The van der Waals surface area contributed by atoms with Crippen LogP contribution in [0, 0.1) is 6.92 Å². The molecule has 0 aliphatic heterocycles. The normalized spacial score (nSPS) is 17.4. The van der Waals surface area contributed by atoms with Crippen molar-refractivity contribution in [2.45, 2.75) is 36.4 Å². The molecular weight excluding hydrogens is 309 g/mol. The van der Waals surface area contributed by atoms with E-state index in [1.165, 1.54) is 6.92 Å². The first kappa shape index (κ1) is 15.8. The molecule has 2 rings (SSSR count). The van der Waals surface area contributed by atoms with E-state index >= 15 is 0 Å². The van der Waals surface area contributed by atoms with Gasteiger partial charge in [0.1, 0.15) is 5.54 Å². The minimum Gasteiger partial charge on any atom is -0.338 e. The number of sulfonamides is 1. The van der Waals surface area contributed by atoms with E-state index in [1.807, 2.05) is 5.32 Å². The lowest BCUT2D eigenvalue weighted by molar-refractivity contribution is -0.163. The predicted molar refractivity (Wildman–Crippen MR) is 68.0 cm³/mol. The molecule has 0 atom stereocenters. The summed E-state index contributed by atoms with van der Waals surface area (Å²) in [7, 11) is -3.93. The molecule has 0 heterocycles. The molecular formula is C12H13F3N2O3S. The third-order valence-electron chi connectivity index (χ3n) is 3.42. The third-order valence-corrected chi connectivity index (χ3v) is 4.33. The standard InChI is InChI=1S/C12H13F3N2O3S/c1-7-6-8(21(16,19)20)2-3-9(7)10(18)17-11(4-5-11)12(13,14)15/h2-3,6H,4-5H2,1H3,(H,17,18)(H2,16,19,20). The molecule has 116 valence electrons. The molecule has 1 aliphatic rings. The second-order valence-electron chi connectivity index (χ2n) is 5.06. The molecule has 1 aliphatic carbocycles. The molecule has 9 heteroatoms. The van der Waals surface area contributed by atoms with Crippen molar-refractivity contribution in [3.05, 3.63) is 29.3 Å². The Balaban J connectivity index is 2.26. The Morgan fingerprint density at radius 2 is 1.90 bits per heavy atom. The fourth-order valence-electron chi connectivity index (χ4n) is 1.96. The molecule has 0 spiro atoms. The van der Waals surface area contributed by atoms with Crippen LogP contribution in [0.5, 0.6) is 0 Å². The monoisotopic (exact) mass is 322 g/mol. The van der Waals surface area contributed by atoms with Crippen LogP contribution in [0.3, 0.4) is 0 Å². The maximum atomic E-state index is 12.8. The van der Waals surface area contributed by atoms with E-state index in [2.05, 4.69) is 0 Å². The molecule has 0 aromatic heterocycles. The van der Waals surface area contributed by atoms with E-state index in [1.54, 1.807) is 0 Å². The highest BCUT2D eigenvalue weighted by Crippen LogP contribution is 2.49. The summed E-state index contributed by atoms with van der Waals surface area (Å²) in [6.07, 6.45) is -4.82. The summed E-state index contributed by atoms with van der Waals surface area (Å²) < 4.78 is 60.7. The lowest BCUT2D eigenvalue weighted by Gasteiger charge is -2.21. The van der Waals surface area contributed by atoms with Crippen LogP contribution < -0.4 is 10.5 Å². The molecule has 5 nitrogen and oxygen atoms in total. The molecule has 1 aromatic rings. The number of carbonyl (C=O) groups is 1. The van der Waals surface area contributed by atoms with Gasteiger partial charge in [0.05, 0.1) is 4.90 Å². The molecule has 0 radical (unpaired) electrons. The number of nitrogens with two attached hydrogens (primary N) is 1. The SMILES string of the molecule is Cc1cc(S(N)(=O)=O)ccc1C(=O)NC1(C(F)(F)F)CC1. The van der Waals surface area contributed by atoms with E-state index < -0.39 is 27.6 Å². The van der Waals surface area contributed by atoms with Crippen molar-refractivity contribution < 1.29 is 26.4 Å². The molecule has 1 fully saturated rings. The lowest BCUT2D eigenvalue weighted by Crippen LogP contribution is -2.48. The Bertz CT molecular complexity index is 694. The molecule has 0 unspecified atom stereocenters. The van der Waals surface area contributed by atoms with Crippen molar-refractivity contribution in [3.63, 3.8) is 0 Å². The second-order valence-corrected chi connectivity index (χ2v) is 6.62. The van der Waals surface area contributed by atoms with E-state index in [9.17, 15) is 26.4 Å². The van der Waals surface area contributed by atoms with E-state index in [-0.39, 0.29) is 28.9 Å². The number of halogens is 3. The van der Waals surface area contributed by atoms with Crippen LogP contribution in [-0.4, -0.2) is 26.0 Å². The van der Waals surface area contributed by atoms with Gasteiger partial charge in [-0.1, -0.05) is 0 Å². The summed E-state index contributed by atoms with van der Waals surface area (Å²) in [4.78, 5) is 11.7. The quantitative estimate of drug-likeness (QED) is 0.883. The molecule has 3 N–H and O–H groups in total. The second kappa shape index (κ2) is 4.70. The van der Waals surface area contributed by atoms with E-state index in [0.29, 0.717) is 0 Å². The summed E-state index contributed by atoms with van der Waals surface area (Å²) >= 11 is 0. The zero-order chi connectivity index (χ0) is 16.1. The number of carbonyl (C=O) groups excluding carboxylic acids is 1. The number of nitrogens with one attached hydrogen (secondary N) is 1. The highest BCUT2D eigenvalue weighted by atomic mass is 32.2. The molecule has 1 amide bonds. The van der Waals surface area contributed by atoms with Crippen LogP contribution in [0.15, 0.2) is 23.1 Å². The van der Waals surface area contributed by atoms with Crippen molar-refractivity contribution >= 4 is 15.9 Å². The number of hydrogen-bond acceptors (Lipinski definition) is 3. The fraction of sp³-hybridized carbons (Fsp3) is 0.417. The Morgan fingerprint density at radius 1 is 1.33 bits per heavy atom. The zero-order valence-corrected chi connectivity index (χ0v) is 11.8. The summed E-state index contributed by atoms with van der Waals surface area (Å²) in [5, 5.41) is 6.92. The Labute approximate surface area is 119 Å². The van der Waals surface area contributed by atoms with E-state index in [4.69, 9.17) is 5.14 Å². The van der Waals surface area contributed by atoms with Crippen LogP contribution in [-0.2, 0) is 10.0 Å². The maximum absolute atomic E-state index is 12.8. The largest absolute Gasteiger partial charge is 0.411 e. The molecule has 21 heavy (non-hydrogen) atoms. The predicted octanol–water partition coefficient (Wildman–Crippen LogP) is 1.47. The maximum Gasteiger partial charge on any atom is 0.411 e. The Hall–Kier alpha value is -1.61. The van der Waals surface area contributed by atoms with Crippen LogP contribution >= 0.6 is 0 Å². The minimum absolute atomic E-state index is 0.0158. The fourth-order valence-corrected chi connectivity index (χ4v) is 2.56. The summed E-state index contributed by atoms with van der Waals surface area (Å²) in [6.45, 7) is 1.43. The van der Waals surface area contributed by atoms with Crippen LogP contribution in [0.4, 0.5) is 13.2 Å². The molecule has 0 bridgehead atoms. The van der Waals surface area contributed by atoms with Crippen LogP contribution in [0.25, 0.3) is 0 Å². The van der Waals surface area contributed by atoms with Gasteiger partial charge in [0, 0.05) is 5.56 Å². The molecule has 1 saturated carbocycles. The summed E-state index contributed by atoms with van der Waals surface area (Å²) in [5.41, 5.74) is -1.94. The number of aryl methyl sites for hydroxylation is 1. The van der Waals surface area contributed by atoms with Gasteiger partial charge >= 0.3 is 6.18 Å². The first-order valence-electron chi connectivity index (χ1n) is 5.99. The highest BCUT2D eigenvalue weighted by Gasteiger charge is 2.64. The van der Waals surface area contributed by atoms with Crippen molar-refractivity contribution in [1.82, 2.24) is 5.32 Å². The number of alkyl halides is 3. The first-order chi connectivity index (χ1) is 9.46. The van der Waals surface area contributed by atoms with Gasteiger partial charge in [-0.3, -0.25) is 4.79 Å². The summed E-state index contributed by atoms with van der Waals surface area (Å²) in [5.74, 6) is -0.886. The van der Waals surface area contributed by atoms with Crippen molar-refractivity contribution in [2.75, 3.05) is 0 Å². The Morgan fingerprint density at radius 3 is 2.29 bits per heavy atom. The number of amides is 1. The third kappa shape index (κ3) is 3.03. The smallest absolute Gasteiger partial charge is 0.338 e. The average Bonchev–Trinajstić information content (AvgIpc) is 3.07. The number of hydrogen-bond donors (Lipinski definition) is 2. The first-order valence-corrected chi connectivity index (χ1v) is 7.54. The Kier molecular flexibility index (Phi) is 3.53. The lowest BCUT2D eigenvalue weighted by atomic mass is 10.1. The summed E-state index contributed by atoms with van der Waals surface area (Å²) in [6, 6.07) is 3.39. The van der Waals surface area contributed by atoms with Crippen molar-refractivity contribution in [2.24, 2.45) is 5.14 Å². The van der Waals surface area contributed by atoms with Gasteiger partial charge in [-0.2, -0.15) is 13.2 Å². The number of rotatable bonds is 3. The van der Waals surface area contributed by atoms with Gasteiger partial charge in [-0.15, -0.1) is 0 Å². The number of primary sulfonamides is 1. The minimum atomic E-state index is -4.50. The van der Waals surface area contributed by atoms with Crippen LogP contribution in [0.1, 0.15) is 28.8 Å².